The van der Waals surface area contributed by atoms with Crippen LogP contribution in [0.3, 0.4) is 0 Å². The van der Waals surface area contributed by atoms with E-state index in [-0.39, 0.29) is 5.56 Å². The van der Waals surface area contributed by atoms with Crippen molar-refractivity contribution in [3.8, 4) is 11.3 Å². The minimum Gasteiger partial charge on any atom is -0.478 e. The number of carboxylic acids is 1. The van der Waals surface area contributed by atoms with E-state index >= 15 is 0 Å². The van der Waals surface area contributed by atoms with Crippen molar-refractivity contribution in [1.82, 2.24) is 15.1 Å². The van der Waals surface area contributed by atoms with Gasteiger partial charge in [-0.15, -0.1) is 0 Å². The zero-order valence-electron chi connectivity index (χ0n) is 14.4. The SMILES string of the molecule is O=C(O)c1ccccc1-c1ccc(CN2CCC(c3ccn[nH]3)CC2)o1. The molecule has 1 fully saturated rings. The Morgan fingerprint density at radius 2 is 2.00 bits per heavy atom. The fourth-order valence-corrected chi connectivity index (χ4v) is 3.61. The maximum absolute atomic E-state index is 11.4. The maximum Gasteiger partial charge on any atom is 0.336 e. The van der Waals surface area contributed by atoms with Gasteiger partial charge in [-0.3, -0.25) is 10.00 Å². The normalized spacial score (nSPS) is 16.0. The van der Waals surface area contributed by atoms with Crippen molar-refractivity contribution in [1.29, 1.82) is 0 Å². The van der Waals surface area contributed by atoms with Gasteiger partial charge < -0.3 is 9.52 Å². The molecule has 0 amide bonds. The van der Waals surface area contributed by atoms with E-state index in [2.05, 4.69) is 21.2 Å². The molecule has 0 saturated carbocycles. The average Bonchev–Trinajstić information content (AvgIpc) is 3.34. The highest BCUT2D eigenvalue weighted by Crippen LogP contribution is 2.29. The van der Waals surface area contributed by atoms with Crippen LogP contribution in [0.1, 0.15) is 40.6 Å². The number of nitrogens with one attached hydrogen (secondary N) is 1. The number of benzene rings is 1. The first-order valence-corrected chi connectivity index (χ1v) is 8.84. The quantitative estimate of drug-likeness (QED) is 0.731. The van der Waals surface area contributed by atoms with Crippen LogP contribution in [0, 0.1) is 0 Å². The van der Waals surface area contributed by atoms with E-state index in [1.54, 1.807) is 24.4 Å². The molecule has 3 aromatic rings. The summed E-state index contributed by atoms with van der Waals surface area (Å²) in [5, 5.41) is 16.5. The first kappa shape index (κ1) is 16.6. The van der Waals surface area contributed by atoms with Crippen LogP contribution in [0.5, 0.6) is 0 Å². The molecule has 6 nitrogen and oxygen atoms in total. The lowest BCUT2D eigenvalue weighted by molar-refractivity contribution is 0.0697. The van der Waals surface area contributed by atoms with Crippen LogP contribution in [-0.2, 0) is 6.54 Å². The van der Waals surface area contributed by atoms with Gasteiger partial charge in [0.2, 0.25) is 0 Å². The number of carboxylic acid groups (broad SMARTS) is 1. The summed E-state index contributed by atoms with van der Waals surface area (Å²) < 4.78 is 5.94. The van der Waals surface area contributed by atoms with Crippen molar-refractivity contribution in [3.63, 3.8) is 0 Å². The Hall–Kier alpha value is -2.86. The van der Waals surface area contributed by atoms with E-state index in [1.165, 1.54) is 5.69 Å². The number of aromatic carboxylic acids is 1. The summed E-state index contributed by atoms with van der Waals surface area (Å²) in [6.07, 6.45) is 4.00. The van der Waals surface area contributed by atoms with E-state index in [1.807, 2.05) is 18.2 Å². The standard InChI is InChI=1S/C20H21N3O3/c24-20(25)17-4-2-1-3-16(17)19-6-5-15(26-19)13-23-11-8-14(9-12-23)18-7-10-21-22-18/h1-7,10,14H,8-9,11-13H2,(H,21,22)(H,24,25). The summed E-state index contributed by atoms with van der Waals surface area (Å²) in [4.78, 5) is 13.8. The van der Waals surface area contributed by atoms with E-state index in [0.29, 0.717) is 17.2 Å². The molecule has 1 aliphatic rings. The van der Waals surface area contributed by atoms with E-state index < -0.39 is 5.97 Å². The molecule has 1 aromatic carbocycles. The number of aromatic amines is 1. The third-order valence-corrected chi connectivity index (χ3v) is 5.01. The minimum atomic E-state index is -0.945. The number of hydrogen-bond donors (Lipinski definition) is 2. The molecule has 6 heteroatoms. The lowest BCUT2D eigenvalue weighted by Crippen LogP contribution is -2.32. The summed E-state index contributed by atoms with van der Waals surface area (Å²) >= 11 is 0. The fourth-order valence-electron chi connectivity index (χ4n) is 3.61. The van der Waals surface area contributed by atoms with Gasteiger partial charge in [-0.2, -0.15) is 5.10 Å². The second-order valence-corrected chi connectivity index (χ2v) is 6.68. The van der Waals surface area contributed by atoms with Gasteiger partial charge in [-0.05, 0) is 50.2 Å². The molecule has 0 bridgehead atoms. The molecule has 0 aliphatic carbocycles. The molecule has 0 radical (unpaired) electrons. The molecule has 0 spiro atoms. The lowest BCUT2D eigenvalue weighted by Gasteiger charge is -2.30. The van der Waals surface area contributed by atoms with Gasteiger partial charge in [0.1, 0.15) is 11.5 Å². The van der Waals surface area contributed by atoms with Crippen LogP contribution in [-0.4, -0.2) is 39.3 Å². The molecule has 26 heavy (non-hydrogen) atoms. The summed E-state index contributed by atoms with van der Waals surface area (Å²) in [6.45, 7) is 2.75. The van der Waals surface area contributed by atoms with Gasteiger partial charge in [-0.25, -0.2) is 4.79 Å². The van der Waals surface area contributed by atoms with Crippen molar-refractivity contribution < 1.29 is 14.3 Å². The van der Waals surface area contributed by atoms with Crippen molar-refractivity contribution in [3.05, 3.63) is 65.7 Å². The second-order valence-electron chi connectivity index (χ2n) is 6.68. The average molecular weight is 351 g/mol. The molecular formula is C20H21N3O3. The fraction of sp³-hybridized carbons (Fsp3) is 0.300. The third kappa shape index (κ3) is 3.41. The molecular weight excluding hydrogens is 330 g/mol. The molecule has 2 aromatic heterocycles. The molecule has 1 saturated heterocycles. The Balaban J connectivity index is 1.41. The molecule has 3 heterocycles. The van der Waals surface area contributed by atoms with Gasteiger partial charge in [0.15, 0.2) is 0 Å². The first-order valence-electron chi connectivity index (χ1n) is 8.84. The highest BCUT2D eigenvalue weighted by molar-refractivity contribution is 5.95. The number of aromatic nitrogens is 2. The number of H-pyrrole nitrogens is 1. The number of furan rings is 1. The Morgan fingerprint density at radius 3 is 2.73 bits per heavy atom. The van der Waals surface area contributed by atoms with Crippen LogP contribution in [0.25, 0.3) is 11.3 Å². The lowest BCUT2D eigenvalue weighted by atomic mass is 9.94. The molecule has 4 rings (SSSR count). The molecule has 134 valence electrons. The van der Waals surface area contributed by atoms with Crippen LogP contribution >= 0.6 is 0 Å². The predicted octanol–water partition coefficient (Wildman–Crippen LogP) is 3.75. The number of rotatable bonds is 5. The number of nitrogens with zero attached hydrogens (tertiary/aromatic N) is 2. The zero-order valence-corrected chi connectivity index (χ0v) is 14.4. The Labute approximate surface area is 151 Å². The summed E-state index contributed by atoms with van der Waals surface area (Å²) in [5.74, 6) is 1.06. The van der Waals surface area contributed by atoms with Crippen LogP contribution < -0.4 is 0 Å². The number of carbonyl (C=O) groups is 1. The largest absolute Gasteiger partial charge is 0.478 e. The van der Waals surface area contributed by atoms with Gasteiger partial charge in [0, 0.05) is 23.4 Å². The van der Waals surface area contributed by atoms with Crippen molar-refractivity contribution in [2.24, 2.45) is 0 Å². The minimum absolute atomic E-state index is 0.258. The van der Waals surface area contributed by atoms with Crippen molar-refractivity contribution in [2.45, 2.75) is 25.3 Å². The molecule has 0 atom stereocenters. The monoisotopic (exact) mass is 351 g/mol. The Kier molecular flexibility index (Phi) is 4.58. The number of piperidine rings is 1. The maximum atomic E-state index is 11.4. The van der Waals surface area contributed by atoms with Gasteiger partial charge >= 0.3 is 5.97 Å². The van der Waals surface area contributed by atoms with Gasteiger partial charge in [0.05, 0.1) is 12.1 Å². The van der Waals surface area contributed by atoms with E-state index in [9.17, 15) is 9.90 Å². The van der Waals surface area contributed by atoms with Crippen LogP contribution in [0.15, 0.2) is 53.1 Å². The van der Waals surface area contributed by atoms with Gasteiger partial charge in [0.25, 0.3) is 0 Å². The van der Waals surface area contributed by atoms with Crippen molar-refractivity contribution in [2.75, 3.05) is 13.1 Å². The molecule has 1 aliphatic heterocycles. The smallest absolute Gasteiger partial charge is 0.336 e. The van der Waals surface area contributed by atoms with E-state index in [4.69, 9.17) is 4.42 Å². The molecule has 0 unspecified atom stereocenters. The highest BCUT2D eigenvalue weighted by atomic mass is 16.4. The first-order chi connectivity index (χ1) is 12.7. The summed E-state index contributed by atoms with van der Waals surface area (Å²) in [5.41, 5.74) is 2.09. The zero-order chi connectivity index (χ0) is 17.9. The second kappa shape index (κ2) is 7.17. The Morgan fingerprint density at radius 1 is 1.19 bits per heavy atom. The van der Waals surface area contributed by atoms with Crippen LogP contribution in [0.4, 0.5) is 0 Å². The highest BCUT2D eigenvalue weighted by Gasteiger charge is 2.22. The predicted molar refractivity (Wildman–Crippen MR) is 96.9 cm³/mol. The van der Waals surface area contributed by atoms with Crippen LogP contribution in [0.2, 0.25) is 0 Å². The van der Waals surface area contributed by atoms with E-state index in [0.717, 1.165) is 38.2 Å². The summed E-state index contributed by atoms with van der Waals surface area (Å²) in [6, 6.07) is 12.8. The third-order valence-electron chi connectivity index (χ3n) is 5.01. The van der Waals surface area contributed by atoms with Gasteiger partial charge in [-0.1, -0.05) is 18.2 Å². The molecule has 2 N–H and O–H groups in total. The Bertz CT molecular complexity index is 877. The summed E-state index contributed by atoms with van der Waals surface area (Å²) in [7, 11) is 0. The topological polar surface area (TPSA) is 82.4 Å². The number of likely N-dealkylation sites (tertiary alicyclic amines) is 1. The van der Waals surface area contributed by atoms with Crippen molar-refractivity contribution >= 4 is 5.97 Å². The number of hydrogen-bond acceptors (Lipinski definition) is 4.